The van der Waals surface area contributed by atoms with E-state index in [0.717, 1.165) is 0 Å². The van der Waals surface area contributed by atoms with Crippen molar-refractivity contribution >= 4 is 5.82 Å². The molecule has 5 heteroatoms. The van der Waals surface area contributed by atoms with E-state index in [-0.39, 0.29) is 6.10 Å². The van der Waals surface area contributed by atoms with Crippen LogP contribution in [-0.2, 0) is 0 Å². The summed E-state index contributed by atoms with van der Waals surface area (Å²) in [7, 11) is 0. The van der Waals surface area contributed by atoms with Crippen LogP contribution in [0.1, 0.15) is 0 Å². The Morgan fingerprint density at radius 3 is 3.07 bits per heavy atom. The van der Waals surface area contributed by atoms with E-state index in [4.69, 9.17) is 15.7 Å². The number of nitrogens with two attached hydrogens (primary N) is 1. The molecule has 0 radical (unpaired) electrons. The molecule has 0 bridgehead atoms. The van der Waals surface area contributed by atoms with E-state index in [9.17, 15) is 0 Å². The van der Waals surface area contributed by atoms with Crippen molar-refractivity contribution in [3.8, 4) is 11.9 Å². The van der Waals surface area contributed by atoms with Gasteiger partial charge in [0.2, 0.25) is 0 Å². The minimum atomic E-state index is 0.0939. The van der Waals surface area contributed by atoms with E-state index in [1.165, 1.54) is 0 Å². The number of rotatable bonds is 2. The molecule has 2 rings (SSSR count). The van der Waals surface area contributed by atoms with Gasteiger partial charge in [-0.2, -0.15) is 5.26 Å². The molecule has 0 spiro atoms. The van der Waals surface area contributed by atoms with Gasteiger partial charge in [-0.15, -0.1) is 0 Å². The topological polar surface area (TPSA) is 75.2 Å². The van der Waals surface area contributed by atoms with Crippen LogP contribution < -0.4 is 10.5 Å². The zero-order chi connectivity index (χ0) is 9.97. The first-order chi connectivity index (χ1) is 6.78. The van der Waals surface area contributed by atoms with E-state index in [1.807, 2.05) is 6.19 Å². The largest absolute Gasteiger partial charge is 0.486 e. The molecule has 1 saturated heterocycles. The first kappa shape index (κ1) is 8.63. The summed E-state index contributed by atoms with van der Waals surface area (Å²) in [6.07, 6.45) is 3.74. The molecular formula is C9H10N4O. The monoisotopic (exact) mass is 190 g/mol. The average molecular weight is 190 g/mol. The van der Waals surface area contributed by atoms with Gasteiger partial charge in [0.15, 0.2) is 6.19 Å². The molecular weight excluding hydrogens is 180 g/mol. The zero-order valence-electron chi connectivity index (χ0n) is 7.55. The van der Waals surface area contributed by atoms with Gasteiger partial charge in [-0.05, 0) is 6.07 Å². The second-order valence-corrected chi connectivity index (χ2v) is 3.16. The molecule has 0 unspecified atom stereocenters. The Hall–Kier alpha value is -1.96. The van der Waals surface area contributed by atoms with E-state index in [1.54, 1.807) is 23.2 Å². The number of anilines is 1. The fraction of sp³-hybridized carbons (Fsp3) is 0.333. The highest BCUT2D eigenvalue weighted by atomic mass is 16.5. The highest BCUT2D eigenvalue weighted by Crippen LogP contribution is 2.18. The molecule has 0 aromatic carbocycles. The Kier molecular flexibility index (Phi) is 2.11. The van der Waals surface area contributed by atoms with Crippen molar-refractivity contribution in [2.45, 2.75) is 6.10 Å². The molecule has 1 aromatic rings. The quantitative estimate of drug-likeness (QED) is 0.674. The number of aromatic nitrogens is 1. The number of nitriles is 1. The van der Waals surface area contributed by atoms with E-state index < -0.39 is 0 Å². The van der Waals surface area contributed by atoms with Crippen molar-refractivity contribution in [1.82, 2.24) is 9.88 Å². The third-order valence-corrected chi connectivity index (χ3v) is 2.04. The maximum Gasteiger partial charge on any atom is 0.179 e. The first-order valence-corrected chi connectivity index (χ1v) is 4.31. The Labute approximate surface area is 81.7 Å². The van der Waals surface area contributed by atoms with Crippen molar-refractivity contribution in [3.63, 3.8) is 0 Å². The van der Waals surface area contributed by atoms with Gasteiger partial charge in [0.25, 0.3) is 0 Å². The van der Waals surface area contributed by atoms with Crippen molar-refractivity contribution in [2.75, 3.05) is 18.8 Å². The molecule has 72 valence electrons. The number of nitrogen functional groups attached to an aromatic ring is 1. The molecule has 0 atom stereocenters. The highest BCUT2D eigenvalue weighted by Gasteiger charge is 2.27. The van der Waals surface area contributed by atoms with Crippen LogP contribution in [0.15, 0.2) is 18.3 Å². The van der Waals surface area contributed by atoms with Crippen LogP contribution in [0.25, 0.3) is 0 Å². The van der Waals surface area contributed by atoms with Gasteiger partial charge in [-0.1, -0.05) is 0 Å². The molecule has 5 nitrogen and oxygen atoms in total. The number of pyridine rings is 1. The smallest absolute Gasteiger partial charge is 0.179 e. The van der Waals surface area contributed by atoms with Crippen molar-refractivity contribution in [3.05, 3.63) is 18.3 Å². The van der Waals surface area contributed by atoms with Crippen LogP contribution in [-0.4, -0.2) is 29.1 Å². The van der Waals surface area contributed by atoms with E-state index in [2.05, 4.69) is 4.98 Å². The third kappa shape index (κ3) is 1.69. The Morgan fingerprint density at radius 1 is 1.64 bits per heavy atom. The maximum atomic E-state index is 8.50. The number of likely N-dealkylation sites (tertiary alicyclic amines) is 1. The van der Waals surface area contributed by atoms with Gasteiger partial charge in [0.1, 0.15) is 17.7 Å². The minimum absolute atomic E-state index is 0.0939. The van der Waals surface area contributed by atoms with E-state index >= 15 is 0 Å². The Bertz CT molecular complexity index is 367. The molecule has 2 heterocycles. The van der Waals surface area contributed by atoms with Gasteiger partial charge in [0, 0.05) is 12.3 Å². The molecule has 0 saturated carbocycles. The van der Waals surface area contributed by atoms with Gasteiger partial charge < -0.3 is 15.4 Å². The molecule has 1 fully saturated rings. The van der Waals surface area contributed by atoms with Crippen LogP contribution in [0.4, 0.5) is 5.82 Å². The minimum Gasteiger partial charge on any atom is -0.486 e. The van der Waals surface area contributed by atoms with Crippen LogP contribution in [0.5, 0.6) is 5.75 Å². The van der Waals surface area contributed by atoms with Crippen molar-refractivity contribution in [1.29, 1.82) is 5.26 Å². The summed E-state index contributed by atoms with van der Waals surface area (Å²) < 4.78 is 5.55. The van der Waals surface area contributed by atoms with Gasteiger partial charge in [-0.3, -0.25) is 0 Å². The summed E-state index contributed by atoms with van der Waals surface area (Å²) >= 11 is 0. The molecule has 1 aliphatic rings. The standard InChI is InChI=1S/C9H10N4O/c10-6-13-4-8(5-13)14-7-1-2-12-9(11)3-7/h1-3,8H,4-5H2,(H2,11,12). The lowest BCUT2D eigenvalue weighted by Crippen LogP contribution is -2.51. The lowest BCUT2D eigenvalue weighted by atomic mass is 10.2. The summed E-state index contributed by atoms with van der Waals surface area (Å²) in [4.78, 5) is 5.49. The molecule has 2 N–H and O–H groups in total. The average Bonchev–Trinajstić information content (AvgIpc) is 2.10. The predicted octanol–water partition coefficient (Wildman–Crippen LogP) is 0.208. The lowest BCUT2D eigenvalue weighted by molar-refractivity contribution is 0.0590. The number of ether oxygens (including phenoxy) is 1. The molecule has 1 aliphatic heterocycles. The second kappa shape index (κ2) is 3.42. The Balaban J connectivity index is 1.91. The lowest BCUT2D eigenvalue weighted by Gasteiger charge is -2.34. The first-order valence-electron chi connectivity index (χ1n) is 4.31. The van der Waals surface area contributed by atoms with Crippen molar-refractivity contribution < 1.29 is 4.74 Å². The highest BCUT2D eigenvalue weighted by molar-refractivity contribution is 5.35. The van der Waals surface area contributed by atoms with Crippen LogP contribution >= 0.6 is 0 Å². The van der Waals surface area contributed by atoms with Crippen molar-refractivity contribution in [2.24, 2.45) is 0 Å². The van der Waals surface area contributed by atoms with E-state index in [0.29, 0.717) is 24.7 Å². The fourth-order valence-electron chi connectivity index (χ4n) is 1.29. The van der Waals surface area contributed by atoms with Gasteiger partial charge >= 0.3 is 0 Å². The second-order valence-electron chi connectivity index (χ2n) is 3.16. The maximum absolute atomic E-state index is 8.50. The molecule has 0 aliphatic carbocycles. The molecule has 1 aromatic heterocycles. The van der Waals surface area contributed by atoms with Gasteiger partial charge in [0.05, 0.1) is 13.1 Å². The zero-order valence-corrected chi connectivity index (χ0v) is 7.55. The summed E-state index contributed by atoms with van der Waals surface area (Å²) in [6.45, 7) is 1.30. The fourth-order valence-corrected chi connectivity index (χ4v) is 1.29. The third-order valence-electron chi connectivity index (χ3n) is 2.04. The SMILES string of the molecule is N#CN1CC(Oc2ccnc(N)c2)C1. The van der Waals surface area contributed by atoms with Gasteiger partial charge in [-0.25, -0.2) is 4.98 Å². The summed E-state index contributed by atoms with van der Waals surface area (Å²) in [6, 6.07) is 3.43. The number of nitrogens with zero attached hydrogens (tertiary/aromatic N) is 3. The summed E-state index contributed by atoms with van der Waals surface area (Å²) in [5, 5.41) is 8.50. The predicted molar refractivity (Wildman–Crippen MR) is 50.3 cm³/mol. The van der Waals surface area contributed by atoms with Crippen LogP contribution in [0.3, 0.4) is 0 Å². The molecule has 0 amide bonds. The summed E-state index contributed by atoms with van der Waals surface area (Å²) in [5.74, 6) is 1.15. The Morgan fingerprint density at radius 2 is 2.43 bits per heavy atom. The normalized spacial score (nSPS) is 15.8. The van der Waals surface area contributed by atoms with Crippen LogP contribution in [0.2, 0.25) is 0 Å². The van der Waals surface area contributed by atoms with Crippen LogP contribution in [0, 0.1) is 11.5 Å². The summed E-state index contributed by atoms with van der Waals surface area (Å²) in [5.41, 5.74) is 5.49. The number of hydrogen-bond donors (Lipinski definition) is 1. The number of hydrogen-bond acceptors (Lipinski definition) is 5. The molecule has 14 heavy (non-hydrogen) atoms.